The van der Waals surface area contributed by atoms with E-state index in [4.69, 9.17) is 5.73 Å². The van der Waals surface area contributed by atoms with E-state index >= 15 is 0 Å². The number of halogens is 2. The second-order valence-electron chi connectivity index (χ2n) is 2.18. The van der Waals surface area contributed by atoms with Crippen molar-refractivity contribution in [1.29, 1.82) is 0 Å². The topological polar surface area (TPSA) is 65.2 Å². The number of pyridine rings is 1. The summed E-state index contributed by atoms with van der Waals surface area (Å²) < 4.78 is 29.5. The molecule has 0 aliphatic heterocycles. The third kappa shape index (κ3) is 1.71. The van der Waals surface area contributed by atoms with E-state index in [-0.39, 0.29) is 0 Å². The number of nitrogen functional groups attached to an aromatic ring is 1. The fourth-order valence-electron chi connectivity index (χ4n) is 0.721. The first kappa shape index (κ1) is 9.37. The van der Waals surface area contributed by atoms with Crippen LogP contribution in [-0.4, -0.2) is 18.1 Å². The van der Waals surface area contributed by atoms with Gasteiger partial charge in [0.25, 0.3) is 0 Å². The molecule has 0 aromatic carbocycles. The minimum atomic E-state index is -1.10. The molecule has 0 saturated carbocycles. The first-order chi connectivity index (χ1) is 6.06. The summed E-state index contributed by atoms with van der Waals surface area (Å²) in [5.74, 6) is -3.64. The summed E-state index contributed by atoms with van der Waals surface area (Å²) in [6.07, 6.45) is 0. The van der Waals surface area contributed by atoms with Crippen molar-refractivity contribution in [2.24, 2.45) is 0 Å². The number of rotatable bonds is 1. The first-order valence-corrected chi connectivity index (χ1v) is 3.26. The van der Waals surface area contributed by atoms with Gasteiger partial charge >= 0.3 is 5.97 Å². The summed E-state index contributed by atoms with van der Waals surface area (Å²) >= 11 is 0. The van der Waals surface area contributed by atoms with Crippen molar-refractivity contribution in [3.63, 3.8) is 0 Å². The Balaban J connectivity index is 3.23. The van der Waals surface area contributed by atoms with Crippen molar-refractivity contribution in [3.05, 3.63) is 23.4 Å². The molecule has 2 N–H and O–H groups in total. The molecule has 1 aromatic heterocycles. The minimum absolute atomic E-state index is 0.481. The molecule has 13 heavy (non-hydrogen) atoms. The predicted octanol–water partition coefficient (Wildman–Crippen LogP) is 0.729. The van der Waals surface area contributed by atoms with E-state index in [9.17, 15) is 13.6 Å². The molecule has 1 rings (SSSR count). The molecule has 0 fully saturated rings. The lowest BCUT2D eigenvalue weighted by Gasteiger charge is -2.01. The van der Waals surface area contributed by atoms with Crippen LogP contribution in [0.1, 0.15) is 10.5 Å². The van der Waals surface area contributed by atoms with E-state index < -0.39 is 29.1 Å². The van der Waals surface area contributed by atoms with Crippen LogP contribution < -0.4 is 5.73 Å². The second-order valence-corrected chi connectivity index (χ2v) is 2.18. The zero-order chi connectivity index (χ0) is 10.0. The van der Waals surface area contributed by atoms with E-state index in [0.29, 0.717) is 6.07 Å². The highest BCUT2D eigenvalue weighted by atomic mass is 19.1. The monoisotopic (exact) mass is 188 g/mol. The lowest BCUT2D eigenvalue weighted by atomic mass is 10.3. The van der Waals surface area contributed by atoms with Crippen LogP contribution in [0.2, 0.25) is 0 Å². The normalized spacial score (nSPS) is 9.77. The maximum atomic E-state index is 12.8. The molecule has 0 saturated heterocycles. The van der Waals surface area contributed by atoms with E-state index in [2.05, 4.69) is 9.72 Å². The zero-order valence-corrected chi connectivity index (χ0v) is 6.67. The number of esters is 1. The maximum absolute atomic E-state index is 12.8. The fraction of sp³-hybridized carbons (Fsp3) is 0.143. The van der Waals surface area contributed by atoms with Crippen molar-refractivity contribution in [2.45, 2.75) is 0 Å². The predicted molar refractivity (Wildman–Crippen MR) is 39.9 cm³/mol. The number of hydrogen-bond acceptors (Lipinski definition) is 4. The summed E-state index contributed by atoms with van der Waals surface area (Å²) in [7, 11) is 1.06. The summed E-state index contributed by atoms with van der Waals surface area (Å²) in [6.45, 7) is 0. The van der Waals surface area contributed by atoms with Gasteiger partial charge in [0.15, 0.2) is 23.1 Å². The summed E-state index contributed by atoms with van der Waals surface area (Å²) in [5.41, 5.74) is 4.40. The fourth-order valence-corrected chi connectivity index (χ4v) is 0.721. The lowest BCUT2D eigenvalue weighted by molar-refractivity contribution is 0.0588. The number of nitrogens with zero attached hydrogens (tertiary/aromatic N) is 1. The summed E-state index contributed by atoms with van der Waals surface area (Å²) in [5, 5.41) is 0. The van der Waals surface area contributed by atoms with Crippen LogP contribution >= 0.6 is 0 Å². The Bertz CT molecular complexity index is 355. The molecule has 70 valence electrons. The molecule has 0 bridgehead atoms. The van der Waals surface area contributed by atoms with Gasteiger partial charge in [-0.2, -0.15) is 0 Å². The van der Waals surface area contributed by atoms with Crippen LogP contribution in [0.5, 0.6) is 0 Å². The van der Waals surface area contributed by atoms with Crippen molar-refractivity contribution in [1.82, 2.24) is 4.98 Å². The molecule has 4 nitrogen and oxygen atoms in total. The SMILES string of the molecule is COC(=O)c1nc(N)c(F)cc1F. The van der Waals surface area contributed by atoms with E-state index in [1.807, 2.05) is 0 Å². The summed E-state index contributed by atoms with van der Waals surface area (Å²) in [6, 6.07) is 0.481. The molecule has 0 radical (unpaired) electrons. The third-order valence-corrected chi connectivity index (χ3v) is 1.34. The van der Waals surface area contributed by atoms with Crippen molar-refractivity contribution in [3.8, 4) is 0 Å². The molecule has 0 unspecified atom stereocenters. The number of hydrogen-bond donors (Lipinski definition) is 1. The number of ether oxygens (including phenoxy) is 1. The Hall–Kier alpha value is -1.72. The number of methoxy groups -OCH3 is 1. The molecule has 1 heterocycles. The van der Waals surface area contributed by atoms with Crippen molar-refractivity contribution >= 4 is 11.8 Å². The number of aromatic nitrogens is 1. The highest BCUT2D eigenvalue weighted by molar-refractivity contribution is 5.87. The van der Waals surface area contributed by atoms with Gasteiger partial charge in [-0.05, 0) is 0 Å². The average Bonchev–Trinajstić information content (AvgIpc) is 2.10. The standard InChI is InChI=1S/C7H6F2N2O2/c1-13-7(12)5-3(8)2-4(9)6(10)11-5/h2H,1H3,(H2,10,11). The molecular weight excluding hydrogens is 182 g/mol. The lowest BCUT2D eigenvalue weighted by Crippen LogP contribution is -2.10. The Morgan fingerprint density at radius 2 is 2.15 bits per heavy atom. The van der Waals surface area contributed by atoms with Gasteiger partial charge in [-0.15, -0.1) is 0 Å². The quantitative estimate of drug-likeness (QED) is 0.659. The molecular formula is C7H6F2N2O2. The van der Waals surface area contributed by atoms with Gasteiger partial charge in [0.05, 0.1) is 7.11 Å². The van der Waals surface area contributed by atoms with Crippen LogP contribution in [0.4, 0.5) is 14.6 Å². The van der Waals surface area contributed by atoms with Crippen LogP contribution in [0.15, 0.2) is 6.07 Å². The van der Waals surface area contributed by atoms with Gasteiger partial charge < -0.3 is 10.5 Å². The Labute approximate surface area is 72.3 Å². The van der Waals surface area contributed by atoms with E-state index in [0.717, 1.165) is 7.11 Å². The first-order valence-electron chi connectivity index (χ1n) is 3.26. The third-order valence-electron chi connectivity index (χ3n) is 1.34. The van der Waals surface area contributed by atoms with Crippen LogP contribution in [0.3, 0.4) is 0 Å². The van der Waals surface area contributed by atoms with E-state index in [1.165, 1.54) is 0 Å². The smallest absolute Gasteiger partial charge is 0.359 e. The number of anilines is 1. The van der Waals surface area contributed by atoms with Crippen LogP contribution in [-0.2, 0) is 4.74 Å². The van der Waals surface area contributed by atoms with Gasteiger partial charge in [-0.25, -0.2) is 18.6 Å². The number of carbonyl (C=O) groups is 1. The molecule has 1 aromatic rings. The molecule has 0 spiro atoms. The zero-order valence-electron chi connectivity index (χ0n) is 6.67. The van der Waals surface area contributed by atoms with Crippen LogP contribution in [0.25, 0.3) is 0 Å². The maximum Gasteiger partial charge on any atom is 0.359 e. The van der Waals surface area contributed by atoms with Gasteiger partial charge in [0, 0.05) is 6.07 Å². The highest BCUT2D eigenvalue weighted by Gasteiger charge is 2.16. The number of carbonyl (C=O) groups excluding carboxylic acids is 1. The van der Waals surface area contributed by atoms with Gasteiger partial charge in [0.2, 0.25) is 0 Å². The molecule has 0 atom stereocenters. The summed E-state index contributed by atoms with van der Waals surface area (Å²) in [4.78, 5) is 14.0. The minimum Gasteiger partial charge on any atom is -0.464 e. The average molecular weight is 188 g/mol. The highest BCUT2D eigenvalue weighted by Crippen LogP contribution is 2.12. The Morgan fingerprint density at radius 3 is 2.69 bits per heavy atom. The Kier molecular flexibility index (Phi) is 2.41. The second kappa shape index (κ2) is 3.34. The molecule has 0 aliphatic rings. The van der Waals surface area contributed by atoms with Gasteiger partial charge in [-0.1, -0.05) is 0 Å². The molecule has 0 aliphatic carbocycles. The van der Waals surface area contributed by atoms with Crippen molar-refractivity contribution in [2.75, 3.05) is 12.8 Å². The van der Waals surface area contributed by atoms with E-state index in [1.54, 1.807) is 0 Å². The van der Waals surface area contributed by atoms with Crippen LogP contribution in [0, 0.1) is 11.6 Å². The van der Waals surface area contributed by atoms with Crippen molar-refractivity contribution < 1.29 is 18.3 Å². The molecule has 6 heteroatoms. The van der Waals surface area contributed by atoms with Gasteiger partial charge in [0.1, 0.15) is 0 Å². The van der Waals surface area contributed by atoms with Gasteiger partial charge in [-0.3, -0.25) is 0 Å². The molecule has 0 amide bonds. The largest absolute Gasteiger partial charge is 0.464 e. The Morgan fingerprint density at radius 1 is 1.54 bits per heavy atom. The number of nitrogens with two attached hydrogens (primary N) is 1.